The average Bonchev–Trinajstić information content (AvgIpc) is 2.68. The van der Waals surface area contributed by atoms with E-state index in [2.05, 4.69) is 17.0 Å². The van der Waals surface area contributed by atoms with Crippen LogP contribution in [0.2, 0.25) is 5.02 Å². The molecule has 1 saturated heterocycles. The second kappa shape index (κ2) is 8.23. The number of rotatable bonds is 4. The largest absolute Gasteiger partial charge is 0.449 e. The number of amides is 1. The summed E-state index contributed by atoms with van der Waals surface area (Å²) >= 11 is 5.89. The Morgan fingerprint density at radius 3 is 2.35 bits per heavy atom. The van der Waals surface area contributed by atoms with Crippen LogP contribution >= 0.6 is 11.6 Å². The number of piperazine rings is 1. The normalized spacial score (nSPS) is 15.5. The van der Waals surface area contributed by atoms with Crippen molar-refractivity contribution in [3.63, 3.8) is 0 Å². The van der Waals surface area contributed by atoms with Crippen LogP contribution in [0.3, 0.4) is 0 Å². The molecule has 0 unspecified atom stereocenters. The number of hydrogen-bond donors (Lipinski definition) is 0. The molecule has 1 fully saturated rings. The SMILES string of the molecule is C[C@@H](OC(=O)c1cccc(Cl)c1)C(=O)N1CCN(c2ccccc2)CC1. The van der Waals surface area contributed by atoms with Crippen molar-refractivity contribution in [3.8, 4) is 0 Å². The van der Waals surface area contributed by atoms with E-state index in [1.807, 2.05) is 18.2 Å². The first-order valence-electron chi connectivity index (χ1n) is 8.60. The van der Waals surface area contributed by atoms with Crippen LogP contribution in [0.1, 0.15) is 17.3 Å². The average molecular weight is 373 g/mol. The van der Waals surface area contributed by atoms with E-state index in [9.17, 15) is 9.59 Å². The third-order valence-corrected chi connectivity index (χ3v) is 4.64. The van der Waals surface area contributed by atoms with Gasteiger partial charge in [-0.25, -0.2) is 4.79 Å². The van der Waals surface area contributed by atoms with Crippen molar-refractivity contribution < 1.29 is 14.3 Å². The summed E-state index contributed by atoms with van der Waals surface area (Å²) in [7, 11) is 0. The minimum atomic E-state index is -0.829. The molecule has 0 bridgehead atoms. The van der Waals surface area contributed by atoms with Gasteiger partial charge in [-0.3, -0.25) is 4.79 Å². The number of carbonyl (C=O) groups is 2. The zero-order valence-corrected chi connectivity index (χ0v) is 15.4. The van der Waals surface area contributed by atoms with Crippen LogP contribution in [0, 0.1) is 0 Å². The molecule has 0 N–H and O–H groups in total. The number of ether oxygens (including phenoxy) is 1. The Labute approximate surface area is 158 Å². The highest BCUT2D eigenvalue weighted by atomic mass is 35.5. The number of para-hydroxylation sites is 1. The second-order valence-corrected chi connectivity index (χ2v) is 6.64. The molecule has 1 aliphatic heterocycles. The van der Waals surface area contributed by atoms with E-state index < -0.39 is 12.1 Å². The Kier molecular flexibility index (Phi) is 5.78. The highest BCUT2D eigenvalue weighted by Crippen LogP contribution is 2.17. The number of hydrogen-bond acceptors (Lipinski definition) is 4. The molecule has 6 heteroatoms. The highest BCUT2D eigenvalue weighted by molar-refractivity contribution is 6.30. The summed E-state index contributed by atoms with van der Waals surface area (Å²) in [5, 5.41) is 0.454. The fourth-order valence-electron chi connectivity index (χ4n) is 2.98. The van der Waals surface area contributed by atoms with E-state index in [0.29, 0.717) is 23.7 Å². The summed E-state index contributed by atoms with van der Waals surface area (Å²) in [6, 6.07) is 16.6. The molecule has 0 aliphatic carbocycles. The van der Waals surface area contributed by atoms with Gasteiger partial charge in [0.1, 0.15) is 0 Å². The molecule has 2 aromatic carbocycles. The van der Waals surface area contributed by atoms with Gasteiger partial charge < -0.3 is 14.5 Å². The summed E-state index contributed by atoms with van der Waals surface area (Å²) in [5.41, 5.74) is 1.49. The number of benzene rings is 2. The third kappa shape index (κ3) is 4.35. The van der Waals surface area contributed by atoms with Gasteiger partial charge in [0.2, 0.25) is 0 Å². The van der Waals surface area contributed by atoms with E-state index in [4.69, 9.17) is 16.3 Å². The second-order valence-electron chi connectivity index (χ2n) is 6.21. The molecule has 1 heterocycles. The number of nitrogens with zero attached hydrogens (tertiary/aromatic N) is 2. The van der Waals surface area contributed by atoms with Gasteiger partial charge in [0.25, 0.3) is 5.91 Å². The van der Waals surface area contributed by atoms with Crippen LogP contribution in [-0.2, 0) is 9.53 Å². The Morgan fingerprint density at radius 2 is 1.69 bits per heavy atom. The summed E-state index contributed by atoms with van der Waals surface area (Å²) in [5.74, 6) is -0.718. The van der Waals surface area contributed by atoms with E-state index in [-0.39, 0.29) is 5.91 Å². The predicted molar refractivity (Wildman–Crippen MR) is 102 cm³/mol. The summed E-state index contributed by atoms with van der Waals surface area (Å²) in [6.45, 7) is 4.32. The lowest BCUT2D eigenvalue weighted by molar-refractivity contribution is -0.140. The van der Waals surface area contributed by atoms with Gasteiger partial charge in [0.05, 0.1) is 5.56 Å². The smallest absolute Gasteiger partial charge is 0.338 e. The molecule has 1 atom stereocenters. The summed E-state index contributed by atoms with van der Waals surface area (Å²) in [4.78, 5) is 28.7. The fraction of sp³-hybridized carbons (Fsp3) is 0.300. The molecule has 5 nitrogen and oxygen atoms in total. The molecule has 3 rings (SSSR count). The molecule has 0 saturated carbocycles. The zero-order chi connectivity index (χ0) is 18.5. The molecular formula is C20H21ClN2O3. The lowest BCUT2D eigenvalue weighted by atomic mass is 10.2. The number of carbonyl (C=O) groups excluding carboxylic acids is 2. The van der Waals surface area contributed by atoms with Gasteiger partial charge in [-0.15, -0.1) is 0 Å². The standard InChI is InChI=1S/C20H21ClN2O3/c1-15(26-20(25)16-6-5-7-17(21)14-16)19(24)23-12-10-22(11-13-23)18-8-3-2-4-9-18/h2-9,14-15H,10-13H2,1H3/t15-/m1/s1. The first-order chi connectivity index (χ1) is 12.5. The van der Waals surface area contributed by atoms with Gasteiger partial charge >= 0.3 is 5.97 Å². The topological polar surface area (TPSA) is 49.9 Å². The Bertz CT molecular complexity index is 774. The van der Waals surface area contributed by atoms with E-state index >= 15 is 0 Å². The van der Waals surface area contributed by atoms with Gasteiger partial charge in [0.15, 0.2) is 6.10 Å². The summed E-state index contributed by atoms with van der Waals surface area (Å²) in [6.07, 6.45) is -0.829. The quantitative estimate of drug-likeness (QED) is 0.773. The van der Waals surface area contributed by atoms with E-state index in [1.165, 1.54) is 6.07 Å². The minimum absolute atomic E-state index is 0.173. The van der Waals surface area contributed by atoms with Gasteiger partial charge in [-0.05, 0) is 37.3 Å². The Hall–Kier alpha value is -2.53. The summed E-state index contributed by atoms with van der Waals surface area (Å²) < 4.78 is 5.32. The Balaban J connectivity index is 1.54. The first kappa shape index (κ1) is 18.3. The molecule has 0 radical (unpaired) electrons. The van der Waals surface area contributed by atoms with Gasteiger partial charge in [-0.1, -0.05) is 35.9 Å². The monoisotopic (exact) mass is 372 g/mol. The Morgan fingerprint density at radius 1 is 1.00 bits per heavy atom. The zero-order valence-electron chi connectivity index (χ0n) is 14.6. The van der Waals surface area contributed by atoms with Crippen LogP contribution in [-0.4, -0.2) is 49.1 Å². The molecule has 0 spiro atoms. The van der Waals surface area contributed by atoms with Gasteiger partial charge in [-0.2, -0.15) is 0 Å². The van der Waals surface area contributed by atoms with Crippen LogP contribution in [0.5, 0.6) is 0 Å². The lowest BCUT2D eigenvalue weighted by Crippen LogP contribution is -2.51. The maximum absolute atomic E-state index is 12.6. The lowest BCUT2D eigenvalue weighted by Gasteiger charge is -2.37. The minimum Gasteiger partial charge on any atom is -0.449 e. The van der Waals surface area contributed by atoms with E-state index in [0.717, 1.165) is 18.8 Å². The van der Waals surface area contributed by atoms with Crippen molar-refractivity contribution in [2.75, 3.05) is 31.1 Å². The fourth-order valence-corrected chi connectivity index (χ4v) is 3.17. The first-order valence-corrected chi connectivity index (χ1v) is 8.98. The van der Waals surface area contributed by atoms with Crippen molar-refractivity contribution in [3.05, 3.63) is 65.2 Å². The molecule has 136 valence electrons. The molecular weight excluding hydrogens is 352 g/mol. The third-order valence-electron chi connectivity index (χ3n) is 4.40. The molecule has 26 heavy (non-hydrogen) atoms. The van der Waals surface area contributed by atoms with Crippen LogP contribution in [0.4, 0.5) is 5.69 Å². The van der Waals surface area contributed by atoms with Crippen molar-refractivity contribution >= 4 is 29.2 Å². The van der Waals surface area contributed by atoms with Crippen molar-refractivity contribution in [2.24, 2.45) is 0 Å². The van der Waals surface area contributed by atoms with Crippen LogP contribution in [0.25, 0.3) is 0 Å². The number of anilines is 1. The van der Waals surface area contributed by atoms with Gasteiger partial charge in [0, 0.05) is 36.9 Å². The number of halogens is 1. The number of esters is 1. The van der Waals surface area contributed by atoms with Crippen molar-refractivity contribution in [1.29, 1.82) is 0 Å². The highest BCUT2D eigenvalue weighted by Gasteiger charge is 2.27. The van der Waals surface area contributed by atoms with Crippen LogP contribution < -0.4 is 4.90 Å². The predicted octanol–water partition coefficient (Wildman–Crippen LogP) is 3.23. The van der Waals surface area contributed by atoms with Crippen LogP contribution in [0.15, 0.2) is 54.6 Å². The van der Waals surface area contributed by atoms with E-state index in [1.54, 1.807) is 30.0 Å². The van der Waals surface area contributed by atoms with Crippen molar-refractivity contribution in [2.45, 2.75) is 13.0 Å². The molecule has 2 aromatic rings. The maximum atomic E-state index is 12.6. The maximum Gasteiger partial charge on any atom is 0.338 e. The molecule has 1 aliphatic rings. The molecule has 0 aromatic heterocycles. The molecule has 1 amide bonds. The van der Waals surface area contributed by atoms with Crippen molar-refractivity contribution in [1.82, 2.24) is 4.90 Å².